The lowest BCUT2D eigenvalue weighted by Gasteiger charge is -2.16. The van der Waals surface area contributed by atoms with Crippen molar-refractivity contribution in [3.05, 3.63) is 71.3 Å². The zero-order valence-electron chi connectivity index (χ0n) is 20.5. The van der Waals surface area contributed by atoms with Crippen molar-refractivity contribution >= 4 is 17.0 Å². The molecule has 9 nitrogen and oxygen atoms in total. The Morgan fingerprint density at radius 3 is 2.42 bits per heavy atom. The lowest BCUT2D eigenvalue weighted by Crippen LogP contribution is -2.07. The SMILES string of the molecule is COc1ncc(-c2cc(C)c(Oc3nc(NC4=CC=C(C#N)CC4)nc4ccn(C)c34)c(C)c2)cn1. The molecule has 0 radical (unpaired) electrons. The molecule has 0 aliphatic heterocycles. The van der Waals surface area contributed by atoms with Gasteiger partial charge in [-0.3, -0.25) is 0 Å². The topological polar surface area (TPSA) is 111 Å². The fourth-order valence-electron chi connectivity index (χ4n) is 4.21. The molecular weight excluding hydrogens is 454 g/mol. The van der Waals surface area contributed by atoms with E-state index in [4.69, 9.17) is 19.7 Å². The van der Waals surface area contributed by atoms with Crippen molar-refractivity contribution in [1.29, 1.82) is 5.26 Å². The second kappa shape index (κ2) is 9.50. The number of aryl methyl sites for hydroxylation is 3. The predicted molar refractivity (Wildman–Crippen MR) is 137 cm³/mol. The Morgan fingerprint density at radius 2 is 1.78 bits per heavy atom. The Labute approximate surface area is 208 Å². The smallest absolute Gasteiger partial charge is 0.316 e. The summed E-state index contributed by atoms with van der Waals surface area (Å²) in [4.78, 5) is 17.8. The van der Waals surface area contributed by atoms with Gasteiger partial charge in [0.05, 0.1) is 18.7 Å². The van der Waals surface area contributed by atoms with E-state index in [0.29, 0.717) is 24.3 Å². The Morgan fingerprint density at radius 1 is 1.03 bits per heavy atom. The molecule has 1 aliphatic rings. The van der Waals surface area contributed by atoms with Gasteiger partial charge in [-0.05, 0) is 73.7 Å². The van der Waals surface area contributed by atoms with Crippen LogP contribution < -0.4 is 14.8 Å². The van der Waals surface area contributed by atoms with Crippen molar-refractivity contribution in [2.24, 2.45) is 7.05 Å². The molecule has 0 saturated heterocycles. The van der Waals surface area contributed by atoms with Crippen LogP contribution in [0.5, 0.6) is 17.6 Å². The molecule has 0 bridgehead atoms. The highest BCUT2D eigenvalue weighted by molar-refractivity contribution is 5.82. The van der Waals surface area contributed by atoms with Gasteiger partial charge in [0, 0.05) is 42.5 Å². The van der Waals surface area contributed by atoms with Crippen molar-refractivity contribution in [2.75, 3.05) is 12.4 Å². The zero-order valence-corrected chi connectivity index (χ0v) is 20.5. The second-order valence-corrected chi connectivity index (χ2v) is 8.63. The number of hydrogen-bond acceptors (Lipinski definition) is 8. The minimum absolute atomic E-state index is 0.331. The van der Waals surface area contributed by atoms with E-state index in [1.807, 2.05) is 62.0 Å². The van der Waals surface area contributed by atoms with Crippen LogP contribution in [0.3, 0.4) is 0 Å². The molecule has 3 heterocycles. The molecule has 0 spiro atoms. The first-order valence-electron chi connectivity index (χ1n) is 11.5. The summed E-state index contributed by atoms with van der Waals surface area (Å²) in [7, 11) is 3.48. The van der Waals surface area contributed by atoms with Crippen LogP contribution in [0.25, 0.3) is 22.2 Å². The zero-order chi connectivity index (χ0) is 25.2. The van der Waals surface area contributed by atoms with Gasteiger partial charge < -0.3 is 19.4 Å². The van der Waals surface area contributed by atoms with Crippen molar-refractivity contribution in [2.45, 2.75) is 26.7 Å². The highest BCUT2D eigenvalue weighted by atomic mass is 16.5. The van der Waals surface area contributed by atoms with Crippen LogP contribution in [-0.4, -0.2) is 31.6 Å². The number of nitrogens with one attached hydrogen (secondary N) is 1. The van der Waals surface area contributed by atoms with E-state index in [9.17, 15) is 0 Å². The lowest BCUT2D eigenvalue weighted by atomic mass is 10.0. The van der Waals surface area contributed by atoms with E-state index in [1.54, 1.807) is 19.5 Å². The van der Waals surface area contributed by atoms with Crippen LogP contribution >= 0.6 is 0 Å². The van der Waals surface area contributed by atoms with Crippen LogP contribution in [0.4, 0.5) is 5.95 Å². The largest absolute Gasteiger partial charge is 0.467 e. The van der Waals surface area contributed by atoms with Crippen LogP contribution in [-0.2, 0) is 7.05 Å². The third-order valence-corrected chi connectivity index (χ3v) is 6.06. The third kappa shape index (κ3) is 4.49. The molecule has 0 saturated carbocycles. The summed E-state index contributed by atoms with van der Waals surface area (Å²) < 4.78 is 13.5. The van der Waals surface area contributed by atoms with E-state index in [0.717, 1.165) is 56.7 Å². The maximum atomic E-state index is 9.09. The van der Waals surface area contributed by atoms with Gasteiger partial charge in [0.1, 0.15) is 11.3 Å². The standard InChI is InChI=1S/C27H25N7O2/c1-16-11-19(20-14-29-27(35-4)30-15-20)12-17(2)24(16)36-25-23-22(9-10-34(23)3)32-26(33-25)31-21-7-5-18(13-28)6-8-21/h5,7,9-12,14-15H,6,8H2,1-4H3,(H,31,32,33). The second-order valence-electron chi connectivity index (χ2n) is 8.63. The van der Waals surface area contributed by atoms with Gasteiger partial charge in [-0.1, -0.05) is 0 Å². The number of aromatic nitrogens is 5. The Balaban J connectivity index is 1.49. The summed E-state index contributed by atoms with van der Waals surface area (Å²) in [6, 6.07) is 8.56. The Kier molecular flexibility index (Phi) is 6.09. The van der Waals surface area contributed by atoms with Crippen molar-refractivity contribution < 1.29 is 9.47 Å². The van der Waals surface area contributed by atoms with E-state index in [1.165, 1.54) is 0 Å². The molecule has 180 valence electrons. The quantitative estimate of drug-likeness (QED) is 0.392. The summed E-state index contributed by atoms with van der Waals surface area (Å²) >= 11 is 0. The van der Waals surface area contributed by atoms with Gasteiger partial charge >= 0.3 is 6.01 Å². The molecule has 3 aromatic heterocycles. The summed E-state index contributed by atoms with van der Waals surface area (Å²) in [5, 5.41) is 12.4. The number of nitrogens with zero attached hydrogens (tertiary/aromatic N) is 6. The minimum atomic E-state index is 0.331. The normalized spacial score (nSPS) is 13.1. The van der Waals surface area contributed by atoms with E-state index in [-0.39, 0.29) is 0 Å². The van der Waals surface area contributed by atoms with Crippen molar-refractivity contribution in [3.8, 4) is 34.8 Å². The molecule has 0 unspecified atom stereocenters. The highest BCUT2D eigenvalue weighted by Gasteiger charge is 2.17. The van der Waals surface area contributed by atoms with Crippen LogP contribution in [0.15, 0.2) is 60.2 Å². The lowest BCUT2D eigenvalue weighted by molar-refractivity contribution is 0.380. The number of hydrogen-bond donors (Lipinski definition) is 1. The summed E-state index contributed by atoms with van der Waals surface area (Å²) in [5.74, 6) is 1.65. The molecule has 0 amide bonds. The molecule has 36 heavy (non-hydrogen) atoms. The molecule has 0 atom stereocenters. The Bertz CT molecular complexity index is 1540. The van der Waals surface area contributed by atoms with Crippen LogP contribution in [0.1, 0.15) is 24.0 Å². The fourth-order valence-corrected chi connectivity index (χ4v) is 4.21. The molecule has 9 heteroatoms. The van der Waals surface area contributed by atoms with Gasteiger partial charge in [-0.2, -0.15) is 10.2 Å². The van der Waals surface area contributed by atoms with Crippen molar-refractivity contribution in [3.63, 3.8) is 0 Å². The molecular formula is C27H25N7O2. The average Bonchev–Trinajstić information content (AvgIpc) is 3.27. The number of rotatable bonds is 6. The number of ether oxygens (including phenoxy) is 2. The first-order chi connectivity index (χ1) is 17.4. The molecule has 1 aromatic carbocycles. The first-order valence-corrected chi connectivity index (χ1v) is 11.5. The number of allylic oxidation sites excluding steroid dienone is 4. The van der Waals surface area contributed by atoms with E-state index >= 15 is 0 Å². The number of fused-ring (bicyclic) bond motifs is 1. The molecule has 5 rings (SSSR count). The Hall–Kier alpha value is -4.71. The van der Waals surface area contributed by atoms with Crippen LogP contribution in [0.2, 0.25) is 0 Å². The number of nitriles is 1. The van der Waals surface area contributed by atoms with Gasteiger partial charge in [0.15, 0.2) is 0 Å². The van der Waals surface area contributed by atoms with Gasteiger partial charge in [-0.15, -0.1) is 0 Å². The van der Waals surface area contributed by atoms with Gasteiger partial charge in [0.2, 0.25) is 11.8 Å². The third-order valence-electron chi connectivity index (χ3n) is 6.06. The highest BCUT2D eigenvalue weighted by Crippen LogP contribution is 2.36. The summed E-state index contributed by atoms with van der Waals surface area (Å²) in [6.07, 6.45) is 10.6. The first kappa shape index (κ1) is 23.1. The number of anilines is 1. The van der Waals surface area contributed by atoms with Crippen LogP contribution in [0, 0.1) is 25.2 Å². The molecule has 1 N–H and O–H groups in total. The summed E-state index contributed by atoms with van der Waals surface area (Å²) in [6.45, 7) is 4.01. The molecule has 1 aliphatic carbocycles. The van der Waals surface area contributed by atoms with E-state index in [2.05, 4.69) is 26.3 Å². The summed E-state index contributed by atoms with van der Waals surface area (Å²) in [5.41, 5.74) is 7.09. The molecule has 0 fully saturated rings. The van der Waals surface area contributed by atoms with Crippen molar-refractivity contribution in [1.82, 2.24) is 24.5 Å². The monoisotopic (exact) mass is 479 g/mol. The van der Waals surface area contributed by atoms with Gasteiger partial charge in [0.25, 0.3) is 0 Å². The maximum absolute atomic E-state index is 9.09. The van der Waals surface area contributed by atoms with E-state index < -0.39 is 0 Å². The predicted octanol–water partition coefficient (Wildman–Crippen LogP) is 5.38. The fraction of sp³-hybridized carbons (Fsp3) is 0.222. The van der Waals surface area contributed by atoms with Gasteiger partial charge in [-0.25, -0.2) is 15.0 Å². The average molecular weight is 480 g/mol. The number of methoxy groups -OCH3 is 1. The minimum Gasteiger partial charge on any atom is -0.467 e. The molecule has 4 aromatic rings. The maximum Gasteiger partial charge on any atom is 0.316 e. The number of benzene rings is 1.